The molecule has 0 saturated carbocycles. The molecule has 0 heterocycles. The second-order valence-electron chi connectivity index (χ2n) is 1.98. The molecule has 68 valence electrons. The summed E-state index contributed by atoms with van der Waals surface area (Å²) in [6.45, 7) is 0. The van der Waals surface area contributed by atoms with Crippen molar-refractivity contribution in [1.29, 1.82) is 0 Å². The van der Waals surface area contributed by atoms with E-state index < -0.39 is 24.5 Å². The van der Waals surface area contributed by atoms with Crippen LogP contribution < -0.4 is 0 Å². The molecule has 1 N–H and O–H groups in total. The van der Waals surface area contributed by atoms with Gasteiger partial charge >= 0.3 is 6.18 Å². The van der Waals surface area contributed by atoms with Gasteiger partial charge in [0.15, 0.2) is 6.10 Å². The Balaban J connectivity index is 4.12. The van der Waals surface area contributed by atoms with E-state index in [9.17, 15) is 17.6 Å². The van der Waals surface area contributed by atoms with Crippen molar-refractivity contribution >= 4 is 0 Å². The molecule has 0 spiro atoms. The minimum absolute atomic E-state index is 0.213. The van der Waals surface area contributed by atoms with Crippen LogP contribution in [0, 0.1) is 12.3 Å². The van der Waals surface area contributed by atoms with Gasteiger partial charge in [0.1, 0.15) is 5.83 Å². The van der Waals surface area contributed by atoms with Gasteiger partial charge in [0.25, 0.3) is 0 Å². The Morgan fingerprint density at radius 1 is 1.58 bits per heavy atom. The molecule has 0 aromatic heterocycles. The van der Waals surface area contributed by atoms with Crippen LogP contribution in [-0.2, 0) is 0 Å². The first-order valence-electron chi connectivity index (χ1n) is 2.93. The van der Waals surface area contributed by atoms with Crippen molar-refractivity contribution < 1.29 is 22.7 Å². The smallest absolute Gasteiger partial charge is 0.374 e. The van der Waals surface area contributed by atoms with Gasteiger partial charge in [-0.05, 0) is 6.08 Å². The van der Waals surface area contributed by atoms with Crippen molar-refractivity contribution in [1.82, 2.24) is 0 Å². The van der Waals surface area contributed by atoms with Crippen LogP contribution in [0.2, 0.25) is 0 Å². The van der Waals surface area contributed by atoms with Crippen LogP contribution >= 0.6 is 0 Å². The maximum absolute atomic E-state index is 12.3. The zero-order valence-electron chi connectivity index (χ0n) is 5.90. The van der Waals surface area contributed by atoms with Gasteiger partial charge in [-0.3, -0.25) is 0 Å². The highest BCUT2D eigenvalue weighted by atomic mass is 19.4. The third kappa shape index (κ3) is 4.74. The van der Waals surface area contributed by atoms with Crippen LogP contribution in [0.3, 0.4) is 0 Å². The normalized spacial score (nSPS) is 15.5. The number of terminal acetylenes is 1. The van der Waals surface area contributed by atoms with E-state index >= 15 is 0 Å². The second kappa shape index (κ2) is 4.12. The zero-order chi connectivity index (χ0) is 9.78. The molecule has 5 heteroatoms. The molecule has 1 atom stereocenters. The summed E-state index contributed by atoms with van der Waals surface area (Å²) < 4.78 is 46.6. The fourth-order valence-corrected chi connectivity index (χ4v) is 0.404. The summed E-state index contributed by atoms with van der Waals surface area (Å²) >= 11 is 0. The summed E-state index contributed by atoms with van der Waals surface area (Å²) in [5.41, 5.74) is 0. The highest BCUT2D eigenvalue weighted by molar-refractivity contribution is 5.12. The lowest BCUT2D eigenvalue weighted by molar-refractivity contribution is -0.125. The maximum atomic E-state index is 12.3. The Hall–Kier alpha value is -1.02. The van der Waals surface area contributed by atoms with E-state index in [0.717, 1.165) is 0 Å². The van der Waals surface area contributed by atoms with Gasteiger partial charge in [0.05, 0.1) is 6.42 Å². The van der Waals surface area contributed by atoms with E-state index in [-0.39, 0.29) is 6.08 Å². The fourth-order valence-electron chi connectivity index (χ4n) is 0.404. The Morgan fingerprint density at radius 3 is 2.42 bits per heavy atom. The van der Waals surface area contributed by atoms with Gasteiger partial charge in [-0.2, -0.15) is 13.2 Å². The monoisotopic (exact) mass is 182 g/mol. The predicted octanol–water partition coefficient (Wildman–Crippen LogP) is 1.79. The van der Waals surface area contributed by atoms with Gasteiger partial charge in [0, 0.05) is 0 Å². The minimum Gasteiger partial charge on any atom is -0.374 e. The third-order valence-electron chi connectivity index (χ3n) is 0.948. The minimum atomic E-state index is -4.48. The maximum Gasteiger partial charge on any atom is 0.392 e. The van der Waals surface area contributed by atoms with E-state index in [1.54, 1.807) is 5.92 Å². The first kappa shape index (κ1) is 11.0. The Bertz CT molecular complexity index is 210. The molecule has 0 rings (SSSR count). The van der Waals surface area contributed by atoms with Crippen molar-refractivity contribution in [3.05, 3.63) is 11.9 Å². The molecular weight excluding hydrogens is 176 g/mol. The molecule has 0 aliphatic heterocycles. The van der Waals surface area contributed by atoms with Crippen LogP contribution in [0.4, 0.5) is 17.6 Å². The first-order chi connectivity index (χ1) is 5.37. The first-order valence-corrected chi connectivity index (χ1v) is 2.93. The number of halogens is 4. The van der Waals surface area contributed by atoms with Gasteiger partial charge in [0.2, 0.25) is 0 Å². The van der Waals surface area contributed by atoms with Gasteiger partial charge in [-0.25, -0.2) is 4.39 Å². The lowest BCUT2D eigenvalue weighted by Crippen LogP contribution is -2.08. The van der Waals surface area contributed by atoms with E-state index in [1.807, 2.05) is 0 Å². The van der Waals surface area contributed by atoms with Crippen LogP contribution in [0.15, 0.2) is 11.9 Å². The fraction of sp³-hybridized carbons (Fsp3) is 0.429. The molecule has 0 saturated heterocycles. The summed E-state index contributed by atoms with van der Waals surface area (Å²) in [7, 11) is 0. The summed E-state index contributed by atoms with van der Waals surface area (Å²) in [4.78, 5) is 0. The van der Waals surface area contributed by atoms with E-state index in [0.29, 0.717) is 0 Å². The van der Waals surface area contributed by atoms with Crippen molar-refractivity contribution in [3.8, 4) is 12.3 Å². The van der Waals surface area contributed by atoms with Gasteiger partial charge in [-0.1, -0.05) is 5.92 Å². The van der Waals surface area contributed by atoms with Gasteiger partial charge in [-0.15, -0.1) is 6.42 Å². The number of aliphatic hydroxyl groups excluding tert-OH is 1. The highest BCUT2D eigenvalue weighted by Gasteiger charge is 2.26. The molecule has 1 nitrogen and oxygen atoms in total. The molecule has 0 bridgehead atoms. The molecular formula is C7H6F4O. The summed E-state index contributed by atoms with van der Waals surface area (Å²) in [6.07, 6.45) is -3.03. The molecule has 1 unspecified atom stereocenters. The molecule has 0 aromatic carbocycles. The largest absolute Gasteiger partial charge is 0.392 e. The lowest BCUT2D eigenvalue weighted by Gasteiger charge is -2.02. The van der Waals surface area contributed by atoms with Crippen LogP contribution in [0.5, 0.6) is 0 Å². The number of hydrogen-bond acceptors (Lipinski definition) is 1. The molecule has 0 radical (unpaired) electrons. The Kier molecular flexibility index (Phi) is 3.77. The van der Waals surface area contributed by atoms with Crippen LogP contribution in [0.25, 0.3) is 0 Å². The molecule has 0 fully saturated rings. The van der Waals surface area contributed by atoms with E-state index in [2.05, 4.69) is 6.42 Å². The number of rotatable bonds is 2. The zero-order valence-corrected chi connectivity index (χ0v) is 5.90. The van der Waals surface area contributed by atoms with Gasteiger partial charge < -0.3 is 5.11 Å². The number of allylic oxidation sites excluding steroid dienone is 1. The molecule has 0 amide bonds. The third-order valence-corrected chi connectivity index (χ3v) is 0.948. The predicted molar refractivity (Wildman–Crippen MR) is 34.7 cm³/mol. The van der Waals surface area contributed by atoms with Crippen molar-refractivity contribution in [2.24, 2.45) is 0 Å². The quantitative estimate of drug-likeness (QED) is 0.509. The van der Waals surface area contributed by atoms with Crippen molar-refractivity contribution in [2.45, 2.75) is 18.7 Å². The number of hydrogen-bond donors (Lipinski definition) is 1. The average Bonchev–Trinajstić information content (AvgIpc) is 1.97. The Morgan fingerprint density at radius 2 is 2.08 bits per heavy atom. The molecule has 0 aliphatic carbocycles. The average molecular weight is 182 g/mol. The van der Waals surface area contributed by atoms with Crippen molar-refractivity contribution in [3.63, 3.8) is 0 Å². The van der Waals surface area contributed by atoms with Crippen LogP contribution in [0.1, 0.15) is 6.42 Å². The summed E-state index contributed by atoms with van der Waals surface area (Å²) in [6, 6.07) is 0. The second-order valence-corrected chi connectivity index (χ2v) is 1.98. The summed E-state index contributed by atoms with van der Waals surface area (Å²) in [5, 5.41) is 8.48. The lowest BCUT2D eigenvalue weighted by atomic mass is 10.2. The summed E-state index contributed by atoms with van der Waals surface area (Å²) in [5.74, 6) is 0.194. The number of alkyl halides is 3. The Labute approximate surface area is 66.7 Å². The van der Waals surface area contributed by atoms with E-state index in [1.165, 1.54) is 0 Å². The standard InChI is InChI=1S/C7H6F4O/c1-2-6(12)5(8)3-4-7(9,10)11/h1,3,6,12H,4H2/b5-3-. The molecule has 0 aliphatic rings. The molecule has 12 heavy (non-hydrogen) atoms. The highest BCUT2D eigenvalue weighted by Crippen LogP contribution is 2.21. The van der Waals surface area contributed by atoms with Crippen LogP contribution in [-0.4, -0.2) is 17.4 Å². The topological polar surface area (TPSA) is 20.2 Å². The van der Waals surface area contributed by atoms with Crippen molar-refractivity contribution in [2.75, 3.05) is 0 Å². The molecule has 0 aromatic rings. The SMILES string of the molecule is C#CC(O)/C(F)=C/CC(F)(F)F. The van der Waals surface area contributed by atoms with E-state index in [4.69, 9.17) is 5.11 Å². The number of aliphatic hydroxyl groups is 1.